The predicted molar refractivity (Wildman–Crippen MR) is 127 cm³/mol. The number of aliphatic carboxylic acids is 1. The van der Waals surface area contributed by atoms with Crippen LogP contribution in [0.25, 0.3) is 11.1 Å². The Bertz CT molecular complexity index is 1220. The van der Waals surface area contributed by atoms with Crippen LogP contribution in [-0.4, -0.2) is 35.7 Å². The summed E-state index contributed by atoms with van der Waals surface area (Å²) < 4.78 is 11.1. The Morgan fingerprint density at radius 1 is 0.943 bits per heavy atom. The Morgan fingerprint density at radius 3 is 2.31 bits per heavy atom. The van der Waals surface area contributed by atoms with Crippen molar-refractivity contribution < 1.29 is 28.6 Å². The Morgan fingerprint density at radius 2 is 1.63 bits per heavy atom. The van der Waals surface area contributed by atoms with Crippen LogP contribution in [0.5, 0.6) is 0 Å². The number of amides is 2. The van der Waals surface area contributed by atoms with E-state index < -0.39 is 29.9 Å². The molecule has 1 heterocycles. The molecule has 0 radical (unpaired) electrons. The highest BCUT2D eigenvalue weighted by molar-refractivity contribution is 5.92. The molecule has 0 bridgehead atoms. The van der Waals surface area contributed by atoms with Gasteiger partial charge in [-0.15, -0.1) is 0 Å². The molecule has 8 nitrogen and oxygen atoms in total. The Kier molecular flexibility index (Phi) is 6.27. The lowest BCUT2D eigenvalue weighted by molar-refractivity contribution is -0.142. The molecule has 2 amide bonds. The molecule has 2 atom stereocenters. The summed E-state index contributed by atoms with van der Waals surface area (Å²) >= 11 is 0. The average molecular weight is 475 g/mol. The Hall–Kier alpha value is -4.07. The van der Waals surface area contributed by atoms with Gasteiger partial charge in [-0.2, -0.15) is 0 Å². The molecular weight excluding hydrogens is 448 g/mol. The molecule has 2 aliphatic rings. The van der Waals surface area contributed by atoms with Gasteiger partial charge in [-0.1, -0.05) is 55.0 Å². The number of alkyl carbamates (subject to hydrolysis) is 1. The Labute approximate surface area is 202 Å². The largest absolute Gasteiger partial charge is 0.481 e. The van der Waals surface area contributed by atoms with Crippen LogP contribution >= 0.6 is 0 Å². The zero-order valence-corrected chi connectivity index (χ0v) is 19.0. The third-order valence-corrected chi connectivity index (χ3v) is 6.79. The number of carbonyl (C=O) groups is 3. The average Bonchev–Trinajstić information content (AvgIpc) is 3.59. The van der Waals surface area contributed by atoms with Gasteiger partial charge in [0.15, 0.2) is 5.76 Å². The normalized spacial score (nSPS) is 18.5. The summed E-state index contributed by atoms with van der Waals surface area (Å²) in [5.41, 5.74) is 4.59. The van der Waals surface area contributed by atoms with Gasteiger partial charge in [0, 0.05) is 12.0 Å². The molecule has 35 heavy (non-hydrogen) atoms. The summed E-state index contributed by atoms with van der Waals surface area (Å²) in [6, 6.07) is 18.9. The topological polar surface area (TPSA) is 118 Å². The van der Waals surface area contributed by atoms with E-state index in [4.69, 9.17) is 9.15 Å². The molecule has 0 saturated heterocycles. The minimum absolute atomic E-state index is 0.0303. The smallest absolute Gasteiger partial charge is 0.407 e. The summed E-state index contributed by atoms with van der Waals surface area (Å²) in [5, 5.41) is 14.7. The van der Waals surface area contributed by atoms with Gasteiger partial charge in [-0.25, -0.2) is 4.79 Å². The van der Waals surface area contributed by atoms with E-state index >= 15 is 0 Å². The lowest BCUT2D eigenvalue weighted by Gasteiger charge is -2.16. The van der Waals surface area contributed by atoms with Crippen LogP contribution in [0.15, 0.2) is 65.1 Å². The maximum absolute atomic E-state index is 12.5. The number of fused-ring (bicyclic) bond motifs is 3. The van der Waals surface area contributed by atoms with E-state index in [1.54, 1.807) is 6.07 Å². The molecule has 3 N–H and O–H groups in total. The second-order valence-electron chi connectivity index (χ2n) is 8.90. The highest BCUT2D eigenvalue weighted by Gasteiger charge is 2.34. The van der Waals surface area contributed by atoms with Crippen molar-refractivity contribution in [1.82, 2.24) is 10.6 Å². The molecule has 0 spiro atoms. The fraction of sp³-hybridized carbons (Fsp3) is 0.296. The van der Waals surface area contributed by atoms with E-state index in [2.05, 4.69) is 34.9 Å². The molecule has 2 aliphatic carbocycles. The minimum Gasteiger partial charge on any atom is -0.481 e. The summed E-state index contributed by atoms with van der Waals surface area (Å²) in [6.45, 7) is 0.267. The molecular formula is C27H26N2O6. The quantitative estimate of drug-likeness (QED) is 0.470. The number of hydrogen-bond donors (Lipinski definition) is 3. The number of benzene rings is 2. The number of hydrogen-bond acceptors (Lipinski definition) is 5. The SMILES string of the molecule is O=C(NCc1ccc(C(=O)NC2CCCC2C(=O)O)o1)OCC1c2ccccc2-c2ccccc21. The van der Waals surface area contributed by atoms with E-state index in [9.17, 15) is 19.5 Å². The highest BCUT2D eigenvalue weighted by atomic mass is 16.5. The number of nitrogens with one attached hydrogen (secondary N) is 2. The fourth-order valence-electron chi connectivity index (χ4n) is 5.07. The first-order valence-corrected chi connectivity index (χ1v) is 11.7. The van der Waals surface area contributed by atoms with Crippen molar-refractivity contribution in [3.63, 3.8) is 0 Å². The van der Waals surface area contributed by atoms with Crippen molar-refractivity contribution >= 4 is 18.0 Å². The van der Waals surface area contributed by atoms with Gasteiger partial charge < -0.3 is 24.9 Å². The first-order chi connectivity index (χ1) is 17.0. The molecule has 5 rings (SSSR count). The van der Waals surface area contributed by atoms with E-state index in [-0.39, 0.29) is 24.8 Å². The van der Waals surface area contributed by atoms with Gasteiger partial charge >= 0.3 is 12.1 Å². The van der Waals surface area contributed by atoms with Crippen LogP contribution in [0.1, 0.15) is 52.6 Å². The van der Waals surface area contributed by atoms with Crippen LogP contribution < -0.4 is 10.6 Å². The number of ether oxygens (including phenoxy) is 1. The minimum atomic E-state index is -0.903. The third-order valence-electron chi connectivity index (χ3n) is 6.79. The molecule has 1 saturated carbocycles. The molecule has 3 aromatic rings. The summed E-state index contributed by atoms with van der Waals surface area (Å²) in [6.07, 6.45) is 1.35. The number of rotatable bonds is 7. The van der Waals surface area contributed by atoms with E-state index in [1.807, 2.05) is 24.3 Å². The van der Waals surface area contributed by atoms with Crippen LogP contribution in [-0.2, 0) is 16.1 Å². The summed E-state index contributed by atoms with van der Waals surface area (Å²) in [5.74, 6) is -1.51. The van der Waals surface area contributed by atoms with Gasteiger partial charge in [0.2, 0.25) is 0 Å². The maximum Gasteiger partial charge on any atom is 0.407 e. The van der Waals surface area contributed by atoms with Crippen LogP contribution in [0, 0.1) is 5.92 Å². The predicted octanol–water partition coefficient (Wildman–Crippen LogP) is 4.30. The number of furan rings is 1. The number of carbonyl (C=O) groups excluding carboxylic acids is 2. The van der Waals surface area contributed by atoms with Crippen molar-refractivity contribution in [3.8, 4) is 11.1 Å². The third kappa shape index (κ3) is 4.64. The lowest BCUT2D eigenvalue weighted by Crippen LogP contribution is -2.40. The molecule has 8 heteroatoms. The van der Waals surface area contributed by atoms with Crippen LogP contribution in [0.4, 0.5) is 4.79 Å². The zero-order valence-electron chi connectivity index (χ0n) is 19.0. The van der Waals surface area contributed by atoms with Gasteiger partial charge in [-0.3, -0.25) is 9.59 Å². The summed E-state index contributed by atoms with van der Waals surface area (Å²) in [7, 11) is 0. The van der Waals surface area contributed by atoms with Gasteiger partial charge in [0.05, 0.1) is 12.5 Å². The first-order valence-electron chi connectivity index (χ1n) is 11.7. The van der Waals surface area contributed by atoms with Crippen molar-refractivity contribution in [3.05, 3.63) is 83.3 Å². The second-order valence-corrected chi connectivity index (χ2v) is 8.90. The van der Waals surface area contributed by atoms with Crippen molar-refractivity contribution in [2.45, 2.75) is 37.8 Å². The molecule has 1 aromatic heterocycles. The summed E-state index contributed by atoms with van der Waals surface area (Å²) in [4.78, 5) is 36.1. The van der Waals surface area contributed by atoms with E-state index in [1.165, 1.54) is 6.07 Å². The molecule has 2 unspecified atom stereocenters. The fourth-order valence-corrected chi connectivity index (χ4v) is 5.07. The second kappa shape index (κ2) is 9.66. The van der Waals surface area contributed by atoms with E-state index in [0.29, 0.717) is 18.6 Å². The van der Waals surface area contributed by atoms with Crippen molar-refractivity contribution in [1.29, 1.82) is 0 Å². The first kappa shape index (κ1) is 22.7. The molecule has 180 valence electrons. The van der Waals surface area contributed by atoms with Gasteiger partial charge in [-0.05, 0) is 47.2 Å². The maximum atomic E-state index is 12.5. The van der Waals surface area contributed by atoms with Crippen molar-refractivity contribution in [2.24, 2.45) is 5.92 Å². The lowest BCUT2D eigenvalue weighted by atomic mass is 9.98. The highest BCUT2D eigenvalue weighted by Crippen LogP contribution is 2.44. The number of carboxylic acids is 1. The number of carboxylic acid groups (broad SMARTS) is 1. The van der Waals surface area contributed by atoms with Crippen LogP contribution in [0.3, 0.4) is 0 Å². The van der Waals surface area contributed by atoms with Crippen LogP contribution in [0.2, 0.25) is 0 Å². The Balaban J connectivity index is 1.14. The standard InChI is InChI=1S/C27H26N2O6/c30-25(29-23-11-5-10-21(23)26(31)32)24-13-12-16(35-24)14-28-27(33)34-15-22-19-8-3-1-6-17(19)18-7-2-4-9-20(18)22/h1-4,6-9,12-13,21-23H,5,10-11,14-15H2,(H,28,33)(H,29,30)(H,31,32). The van der Waals surface area contributed by atoms with Gasteiger partial charge in [0.25, 0.3) is 5.91 Å². The molecule has 0 aliphatic heterocycles. The molecule has 1 fully saturated rings. The monoisotopic (exact) mass is 474 g/mol. The zero-order chi connectivity index (χ0) is 24.4. The van der Waals surface area contributed by atoms with Gasteiger partial charge in [0.1, 0.15) is 12.4 Å². The van der Waals surface area contributed by atoms with Crippen molar-refractivity contribution in [2.75, 3.05) is 6.61 Å². The molecule has 2 aromatic carbocycles. The van der Waals surface area contributed by atoms with E-state index in [0.717, 1.165) is 28.7 Å².